The largest absolute Gasteiger partial charge is 0.490 e. The molecule has 0 bridgehead atoms. The lowest BCUT2D eigenvalue weighted by atomic mass is 10.2. The first-order valence-corrected chi connectivity index (χ1v) is 11.8. The standard InChI is InChI=1S/C23H27BrN4O5S/c1-3-4-5-20(29)25-17-9-6-15(7-10-17)22(31)27-28-23(34)26-21(30)16-8-11-19(18(24)14-16)33-13-12-32-2/h6-11,14H,3-5,12-13H2,1-2H3,(H,25,29)(H,27,31)(H2,26,28,30,34). The van der Waals surface area contributed by atoms with Crippen molar-refractivity contribution in [1.29, 1.82) is 0 Å². The first-order chi connectivity index (χ1) is 16.3. The van der Waals surface area contributed by atoms with Gasteiger partial charge >= 0.3 is 0 Å². The highest BCUT2D eigenvalue weighted by atomic mass is 79.9. The second kappa shape index (κ2) is 14.3. The number of benzene rings is 2. The highest BCUT2D eigenvalue weighted by Crippen LogP contribution is 2.26. The molecule has 0 aromatic heterocycles. The molecule has 182 valence electrons. The molecule has 34 heavy (non-hydrogen) atoms. The molecular formula is C23H27BrN4O5S. The van der Waals surface area contributed by atoms with Crippen LogP contribution in [0, 0.1) is 0 Å². The van der Waals surface area contributed by atoms with Crippen LogP contribution in [0.5, 0.6) is 5.75 Å². The summed E-state index contributed by atoms with van der Waals surface area (Å²) in [4.78, 5) is 36.5. The number of thiocarbonyl (C=S) groups is 1. The molecule has 0 spiro atoms. The number of carbonyl (C=O) groups is 3. The zero-order valence-electron chi connectivity index (χ0n) is 18.9. The van der Waals surface area contributed by atoms with Gasteiger partial charge in [-0.25, -0.2) is 0 Å². The average Bonchev–Trinajstić information content (AvgIpc) is 2.82. The van der Waals surface area contributed by atoms with Crippen LogP contribution in [0.15, 0.2) is 46.9 Å². The summed E-state index contributed by atoms with van der Waals surface area (Å²) in [5.41, 5.74) is 6.21. The summed E-state index contributed by atoms with van der Waals surface area (Å²) in [5.74, 6) is -0.407. The highest BCUT2D eigenvalue weighted by molar-refractivity contribution is 9.10. The van der Waals surface area contributed by atoms with Gasteiger partial charge in [0, 0.05) is 30.3 Å². The fraction of sp³-hybridized carbons (Fsp3) is 0.304. The van der Waals surface area contributed by atoms with Crippen LogP contribution in [0.3, 0.4) is 0 Å². The quantitative estimate of drug-likeness (QED) is 0.203. The zero-order chi connectivity index (χ0) is 24.9. The van der Waals surface area contributed by atoms with Crippen molar-refractivity contribution < 1.29 is 23.9 Å². The third-order valence-electron chi connectivity index (χ3n) is 4.44. The van der Waals surface area contributed by atoms with E-state index >= 15 is 0 Å². The second-order valence-corrected chi connectivity index (χ2v) is 8.34. The minimum Gasteiger partial charge on any atom is -0.490 e. The SMILES string of the molecule is CCCCC(=O)Nc1ccc(C(=O)NNC(=S)NC(=O)c2ccc(OCCOC)c(Br)c2)cc1. The number of hydrazine groups is 1. The molecule has 0 radical (unpaired) electrons. The number of nitrogens with one attached hydrogen (secondary N) is 4. The first kappa shape index (κ1) is 27.2. The van der Waals surface area contributed by atoms with Crippen molar-refractivity contribution in [1.82, 2.24) is 16.2 Å². The van der Waals surface area contributed by atoms with Crippen molar-refractivity contribution in [2.75, 3.05) is 25.6 Å². The molecule has 11 heteroatoms. The van der Waals surface area contributed by atoms with Crippen LogP contribution in [-0.4, -0.2) is 43.2 Å². The predicted octanol–water partition coefficient (Wildman–Crippen LogP) is 3.55. The molecule has 0 heterocycles. The van der Waals surface area contributed by atoms with Gasteiger partial charge in [0.15, 0.2) is 5.11 Å². The number of carbonyl (C=O) groups excluding carboxylic acids is 3. The Hall–Kier alpha value is -3.02. The van der Waals surface area contributed by atoms with Crippen LogP contribution < -0.4 is 26.2 Å². The van der Waals surface area contributed by atoms with Gasteiger partial charge in [0.25, 0.3) is 11.8 Å². The van der Waals surface area contributed by atoms with Crippen molar-refractivity contribution in [3.8, 4) is 5.75 Å². The normalized spacial score (nSPS) is 10.2. The maximum absolute atomic E-state index is 12.4. The molecule has 0 atom stereocenters. The maximum atomic E-state index is 12.4. The number of hydrogen-bond acceptors (Lipinski definition) is 6. The molecular weight excluding hydrogens is 524 g/mol. The third kappa shape index (κ3) is 9.08. The van der Waals surface area contributed by atoms with E-state index in [9.17, 15) is 14.4 Å². The topological polar surface area (TPSA) is 118 Å². The van der Waals surface area contributed by atoms with Gasteiger partial charge in [-0.15, -0.1) is 0 Å². The van der Waals surface area contributed by atoms with Crippen LogP contribution in [0.2, 0.25) is 0 Å². The molecule has 0 aliphatic rings. The summed E-state index contributed by atoms with van der Waals surface area (Å²) in [5, 5.41) is 5.19. The summed E-state index contributed by atoms with van der Waals surface area (Å²) in [6.45, 7) is 2.84. The smallest absolute Gasteiger partial charge is 0.269 e. The van der Waals surface area contributed by atoms with Crippen LogP contribution in [0.25, 0.3) is 0 Å². The molecule has 2 rings (SSSR count). The molecule has 0 saturated carbocycles. The van der Waals surface area contributed by atoms with E-state index in [1.807, 2.05) is 6.92 Å². The molecule has 2 aromatic rings. The molecule has 0 unspecified atom stereocenters. The van der Waals surface area contributed by atoms with Gasteiger partial charge in [-0.1, -0.05) is 13.3 Å². The van der Waals surface area contributed by atoms with Gasteiger partial charge in [-0.05, 0) is 77.0 Å². The predicted molar refractivity (Wildman–Crippen MR) is 137 cm³/mol. The summed E-state index contributed by atoms with van der Waals surface area (Å²) in [7, 11) is 1.58. The average molecular weight is 551 g/mol. The van der Waals surface area contributed by atoms with Crippen molar-refractivity contribution in [3.05, 3.63) is 58.1 Å². The summed E-state index contributed by atoms with van der Waals surface area (Å²) < 4.78 is 11.1. The lowest BCUT2D eigenvalue weighted by Gasteiger charge is -2.12. The van der Waals surface area contributed by atoms with Crippen LogP contribution in [0.4, 0.5) is 5.69 Å². The van der Waals surface area contributed by atoms with Gasteiger partial charge in [0.2, 0.25) is 5.91 Å². The summed E-state index contributed by atoms with van der Waals surface area (Å²) in [6, 6.07) is 11.3. The van der Waals surface area contributed by atoms with Crippen molar-refractivity contribution in [2.45, 2.75) is 26.2 Å². The number of halogens is 1. The number of ether oxygens (including phenoxy) is 2. The molecule has 0 fully saturated rings. The lowest BCUT2D eigenvalue weighted by Crippen LogP contribution is -2.48. The number of unbranched alkanes of at least 4 members (excludes halogenated alkanes) is 1. The lowest BCUT2D eigenvalue weighted by molar-refractivity contribution is -0.116. The Kier molecular flexibility index (Phi) is 11.4. The number of amides is 3. The fourth-order valence-corrected chi connectivity index (χ4v) is 3.29. The van der Waals surface area contributed by atoms with E-state index in [1.165, 1.54) is 0 Å². The highest BCUT2D eigenvalue weighted by Gasteiger charge is 2.12. The van der Waals surface area contributed by atoms with Crippen LogP contribution in [-0.2, 0) is 9.53 Å². The third-order valence-corrected chi connectivity index (χ3v) is 5.27. The van der Waals surface area contributed by atoms with Gasteiger partial charge in [-0.2, -0.15) is 0 Å². The monoisotopic (exact) mass is 550 g/mol. The van der Waals surface area contributed by atoms with Crippen molar-refractivity contribution in [3.63, 3.8) is 0 Å². The van der Waals surface area contributed by atoms with Crippen LogP contribution >= 0.6 is 28.1 Å². The zero-order valence-corrected chi connectivity index (χ0v) is 21.3. The van der Waals surface area contributed by atoms with E-state index in [2.05, 4.69) is 37.4 Å². The van der Waals surface area contributed by atoms with Crippen molar-refractivity contribution >= 4 is 56.7 Å². The fourth-order valence-electron chi connectivity index (χ4n) is 2.65. The minimum absolute atomic E-state index is 0.0675. The van der Waals surface area contributed by atoms with E-state index < -0.39 is 11.8 Å². The van der Waals surface area contributed by atoms with Gasteiger partial charge < -0.3 is 14.8 Å². The Bertz CT molecular complexity index is 1020. The second-order valence-electron chi connectivity index (χ2n) is 7.08. The Morgan fingerprint density at radius 3 is 2.32 bits per heavy atom. The molecule has 0 aliphatic carbocycles. The molecule has 4 N–H and O–H groups in total. The van der Waals surface area contributed by atoms with E-state index in [1.54, 1.807) is 49.6 Å². The Balaban J connectivity index is 1.81. The van der Waals surface area contributed by atoms with Gasteiger partial charge in [0.05, 0.1) is 11.1 Å². The number of anilines is 1. The molecule has 9 nitrogen and oxygen atoms in total. The van der Waals surface area contributed by atoms with E-state index in [0.717, 1.165) is 12.8 Å². The molecule has 2 aromatic carbocycles. The molecule has 0 aliphatic heterocycles. The Labute approximate surface area is 212 Å². The van der Waals surface area contributed by atoms with E-state index in [-0.39, 0.29) is 11.0 Å². The molecule has 3 amide bonds. The minimum atomic E-state index is -0.459. The van der Waals surface area contributed by atoms with E-state index in [4.69, 9.17) is 21.7 Å². The Morgan fingerprint density at radius 1 is 0.971 bits per heavy atom. The Morgan fingerprint density at radius 2 is 1.68 bits per heavy atom. The van der Waals surface area contributed by atoms with Crippen molar-refractivity contribution in [2.24, 2.45) is 0 Å². The van der Waals surface area contributed by atoms with Crippen LogP contribution in [0.1, 0.15) is 46.9 Å². The number of hydrogen-bond donors (Lipinski definition) is 4. The summed E-state index contributed by atoms with van der Waals surface area (Å²) >= 11 is 8.44. The van der Waals surface area contributed by atoms with Gasteiger partial charge in [-0.3, -0.25) is 30.6 Å². The summed E-state index contributed by atoms with van der Waals surface area (Å²) in [6.07, 6.45) is 2.21. The molecule has 0 saturated heterocycles. The number of methoxy groups -OCH3 is 1. The van der Waals surface area contributed by atoms with E-state index in [0.29, 0.717) is 46.7 Å². The maximum Gasteiger partial charge on any atom is 0.269 e. The van der Waals surface area contributed by atoms with Gasteiger partial charge in [0.1, 0.15) is 12.4 Å². The number of rotatable bonds is 10. The first-order valence-electron chi connectivity index (χ1n) is 10.6.